The lowest BCUT2D eigenvalue weighted by atomic mass is 10.0. The highest BCUT2D eigenvalue weighted by molar-refractivity contribution is 7.98. The van der Waals surface area contributed by atoms with Crippen LogP contribution in [-0.4, -0.2) is 51.4 Å². The van der Waals surface area contributed by atoms with Crippen molar-refractivity contribution in [1.82, 2.24) is 19.4 Å². The van der Waals surface area contributed by atoms with Crippen molar-refractivity contribution in [2.75, 3.05) is 26.2 Å². The Labute approximate surface area is 284 Å². The third-order valence-corrected chi connectivity index (χ3v) is 9.75. The lowest BCUT2D eigenvalue weighted by molar-refractivity contribution is -0.137. The van der Waals surface area contributed by atoms with E-state index in [-0.39, 0.29) is 41.0 Å². The molecule has 0 spiro atoms. The van der Waals surface area contributed by atoms with Crippen LogP contribution >= 0.6 is 11.8 Å². The molecule has 3 aromatic carbocycles. The van der Waals surface area contributed by atoms with Gasteiger partial charge in [-0.1, -0.05) is 68.1 Å². The number of aryl methyl sites for hydroxylation is 1. The minimum atomic E-state index is -4.43. The smallest absolute Gasteiger partial charge is 0.336 e. The maximum atomic E-state index is 14.5. The van der Waals surface area contributed by atoms with Gasteiger partial charge in [0, 0.05) is 36.5 Å². The fraction of sp³-hybridized carbons (Fsp3) is 0.361. The van der Waals surface area contributed by atoms with Gasteiger partial charge >= 0.3 is 6.18 Å². The first kappa shape index (κ1) is 36.2. The summed E-state index contributed by atoms with van der Waals surface area (Å²) in [6.45, 7) is 6.40. The average molecular weight is 703 g/mol. The summed E-state index contributed by atoms with van der Waals surface area (Å²) in [5.74, 6) is -4.68. The zero-order chi connectivity index (χ0) is 35.3. The van der Waals surface area contributed by atoms with Gasteiger partial charge < -0.3 is 9.80 Å². The first-order chi connectivity index (χ1) is 23.4. The van der Waals surface area contributed by atoms with Gasteiger partial charge in [0.1, 0.15) is 6.54 Å². The number of thioether (sulfide) groups is 1. The molecule has 6 nitrogen and oxygen atoms in total. The molecule has 5 rings (SSSR count). The third kappa shape index (κ3) is 8.56. The number of hydrogen-bond donors (Lipinski definition) is 0. The van der Waals surface area contributed by atoms with Crippen LogP contribution in [0.15, 0.2) is 70.6 Å². The number of carbonyl (C=O) groups excluding carboxylic acids is 1. The molecule has 1 aliphatic rings. The predicted octanol–water partition coefficient (Wildman–Crippen LogP) is 7.50. The quantitative estimate of drug-likeness (QED) is 0.0626. The largest absolute Gasteiger partial charge is 0.416 e. The number of aromatic nitrogens is 2. The molecule has 0 fully saturated rings. The van der Waals surface area contributed by atoms with E-state index in [0.717, 1.165) is 61.1 Å². The maximum Gasteiger partial charge on any atom is 0.416 e. The van der Waals surface area contributed by atoms with Gasteiger partial charge in [0.2, 0.25) is 5.91 Å². The van der Waals surface area contributed by atoms with E-state index in [9.17, 15) is 35.9 Å². The van der Waals surface area contributed by atoms with Crippen molar-refractivity contribution >= 4 is 17.7 Å². The van der Waals surface area contributed by atoms with Crippen molar-refractivity contribution in [3.63, 3.8) is 0 Å². The van der Waals surface area contributed by atoms with Gasteiger partial charge in [-0.05, 0) is 67.2 Å². The van der Waals surface area contributed by atoms with Crippen LogP contribution in [-0.2, 0) is 42.7 Å². The molecule has 1 amide bonds. The summed E-state index contributed by atoms with van der Waals surface area (Å²) in [4.78, 5) is 36.1. The molecule has 1 aliphatic carbocycles. The van der Waals surface area contributed by atoms with Crippen LogP contribution < -0.4 is 5.56 Å². The molecule has 4 aromatic rings. The lowest BCUT2D eigenvalue weighted by Gasteiger charge is -2.27. The highest BCUT2D eigenvalue weighted by Crippen LogP contribution is 2.31. The van der Waals surface area contributed by atoms with Gasteiger partial charge in [-0.15, -0.1) is 0 Å². The second-order valence-corrected chi connectivity index (χ2v) is 12.7. The average Bonchev–Trinajstić information content (AvgIpc) is 3.57. The van der Waals surface area contributed by atoms with Crippen LogP contribution in [0.25, 0.3) is 11.1 Å². The highest BCUT2D eigenvalue weighted by atomic mass is 32.2. The highest BCUT2D eigenvalue weighted by Gasteiger charge is 2.30. The van der Waals surface area contributed by atoms with Crippen molar-refractivity contribution in [2.24, 2.45) is 0 Å². The number of likely N-dealkylation sites (N-methyl/N-ethyl adjacent to an activating group) is 1. The summed E-state index contributed by atoms with van der Waals surface area (Å²) in [6, 6.07) is 14.1. The van der Waals surface area contributed by atoms with Crippen LogP contribution in [0.4, 0.5) is 26.3 Å². The summed E-state index contributed by atoms with van der Waals surface area (Å²) >= 11 is 0.975. The molecular formula is C36H36F6N4O2S. The third-order valence-electron chi connectivity index (χ3n) is 8.73. The molecule has 0 radical (unpaired) electrons. The van der Waals surface area contributed by atoms with Crippen molar-refractivity contribution in [3.8, 4) is 11.1 Å². The van der Waals surface area contributed by atoms with E-state index >= 15 is 0 Å². The van der Waals surface area contributed by atoms with E-state index in [1.807, 2.05) is 26.0 Å². The van der Waals surface area contributed by atoms with Crippen molar-refractivity contribution in [1.29, 1.82) is 0 Å². The first-order valence-electron chi connectivity index (χ1n) is 16.0. The summed E-state index contributed by atoms with van der Waals surface area (Å²) in [6.07, 6.45) is -2.58. The van der Waals surface area contributed by atoms with Gasteiger partial charge in [-0.2, -0.15) is 13.2 Å². The number of hydrogen-bond acceptors (Lipinski definition) is 5. The Morgan fingerprint density at radius 1 is 0.878 bits per heavy atom. The number of nitrogens with zero attached hydrogens (tertiary/aromatic N) is 4. The molecule has 0 saturated carbocycles. The number of benzene rings is 3. The van der Waals surface area contributed by atoms with E-state index in [2.05, 4.69) is 9.88 Å². The Kier molecular flexibility index (Phi) is 11.5. The Bertz CT molecular complexity index is 1840. The van der Waals surface area contributed by atoms with E-state index < -0.39 is 29.2 Å². The molecule has 0 unspecified atom stereocenters. The molecular weight excluding hydrogens is 666 g/mol. The molecule has 0 aliphatic heterocycles. The fourth-order valence-electron chi connectivity index (χ4n) is 5.78. The van der Waals surface area contributed by atoms with Crippen LogP contribution in [0.2, 0.25) is 0 Å². The molecule has 1 heterocycles. The molecule has 1 aromatic heterocycles. The van der Waals surface area contributed by atoms with E-state index in [1.165, 1.54) is 16.7 Å². The minimum absolute atomic E-state index is 0.0999. The second kappa shape index (κ2) is 15.6. The Morgan fingerprint density at radius 3 is 2.16 bits per heavy atom. The Balaban J connectivity index is 1.39. The maximum absolute atomic E-state index is 14.5. The van der Waals surface area contributed by atoms with Crippen molar-refractivity contribution in [3.05, 3.63) is 116 Å². The second-order valence-electron chi connectivity index (χ2n) is 11.8. The van der Waals surface area contributed by atoms with E-state index in [1.54, 1.807) is 17.0 Å². The molecule has 0 saturated heterocycles. The van der Waals surface area contributed by atoms with Gasteiger partial charge in [0.15, 0.2) is 22.6 Å². The first-order valence-corrected chi connectivity index (χ1v) is 17.0. The van der Waals surface area contributed by atoms with Crippen LogP contribution in [0.3, 0.4) is 0 Å². The van der Waals surface area contributed by atoms with Crippen LogP contribution in [0, 0.1) is 17.5 Å². The molecule has 260 valence electrons. The van der Waals surface area contributed by atoms with Crippen LogP contribution in [0.5, 0.6) is 0 Å². The van der Waals surface area contributed by atoms with Gasteiger partial charge in [0.05, 0.1) is 11.3 Å². The molecule has 49 heavy (non-hydrogen) atoms. The summed E-state index contributed by atoms with van der Waals surface area (Å²) < 4.78 is 82.2. The predicted molar refractivity (Wildman–Crippen MR) is 176 cm³/mol. The molecule has 0 N–H and O–H groups in total. The standard InChI is InChI=1S/C36H36F6N4O2S/c1-3-44(4-2)18-19-45(20-23-8-10-24(11-9-23)25-12-15-27(16-13-25)36(40,41)42)31(47)21-46-34(48)28-6-5-7-30(28)43-35(46)49-22-26-14-17-29(37)33(39)32(26)38/h8-17H,3-7,18-22H2,1-2H3. The zero-order valence-electron chi connectivity index (χ0n) is 27.1. The SMILES string of the molecule is CCN(CC)CCN(Cc1ccc(-c2ccc(C(F)(F)F)cc2)cc1)C(=O)Cn1c(SCc2ccc(F)c(F)c2F)nc2c(c1=O)CCC2. The molecule has 13 heteroatoms. The topological polar surface area (TPSA) is 58.4 Å². The number of carbonyl (C=O) groups is 1. The van der Waals surface area contributed by atoms with E-state index in [4.69, 9.17) is 0 Å². The van der Waals surface area contributed by atoms with Gasteiger partial charge in [-0.3, -0.25) is 14.2 Å². The fourth-order valence-corrected chi connectivity index (χ4v) is 6.77. The van der Waals surface area contributed by atoms with Crippen molar-refractivity contribution in [2.45, 2.75) is 63.3 Å². The number of fused-ring (bicyclic) bond motifs is 1. The zero-order valence-corrected chi connectivity index (χ0v) is 27.9. The van der Waals surface area contributed by atoms with E-state index in [0.29, 0.717) is 48.3 Å². The summed E-state index contributed by atoms with van der Waals surface area (Å²) in [5, 5.41) is 0.188. The number of amides is 1. The Morgan fingerprint density at radius 2 is 1.53 bits per heavy atom. The van der Waals surface area contributed by atoms with Gasteiger partial charge in [-0.25, -0.2) is 18.2 Å². The number of halogens is 6. The summed E-state index contributed by atoms with van der Waals surface area (Å²) in [5.41, 5.74) is 2.08. The normalized spacial score (nSPS) is 12.8. The summed E-state index contributed by atoms with van der Waals surface area (Å²) in [7, 11) is 0. The molecule has 0 bridgehead atoms. The monoisotopic (exact) mass is 702 g/mol. The Hall–Kier alpha value is -4.10. The molecule has 0 atom stereocenters. The number of rotatable bonds is 13. The van der Waals surface area contributed by atoms with Crippen LogP contribution in [0.1, 0.15) is 48.2 Å². The lowest BCUT2D eigenvalue weighted by Crippen LogP contribution is -2.41. The number of alkyl halides is 3. The van der Waals surface area contributed by atoms with Gasteiger partial charge in [0.25, 0.3) is 5.56 Å². The van der Waals surface area contributed by atoms with Crippen molar-refractivity contribution < 1.29 is 31.1 Å². The minimum Gasteiger partial charge on any atom is -0.336 e.